The van der Waals surface area contributed by atoms with E-state index >= 15 is 0 Å². The van der Waals surface area contributed by atoms with Crippen LogP contribution in [-0.2, 0) is 22.5 Å². The highest BCUT2D eigenvalue weighted by Gasteiger charge is 2.35. The Hall–Kier alpha value is -0.620. The molecule has 1 amide bonds. The van der Waals surface area contributed by atoms with Gasteiger partial charge in [-0.3, -0.25) is 4.79 Å². The number of hydrogen-bond acceptors (Lipinski definition) is 4. The first-order chi connectivity index (χ1) is 9.69. The van der Waals surface area contributed by atoms with E-state index < -0.39 is 0 Å². The number of carbonyl (C=O) groups is 1. The van der Waals surface area contributed by atoms with Crippen molar-refractivity contribution in [1.29, 1.82) is 0 Å². The van der Waals surface area contributed by atoms with Gasteiger partial charge < -0.3 is 15.4 Å². The number of thiophene rings is 1. The van der Waals surface area contributed by atoms with E-state index in [1.54, 1.807) is 18.4 Å². The number of nitrogens with zero attached hydrogens (tertiary/aromatic N) is 1. The van der Waals surface area contributed by atoms with Gasteiger partial charge in [0.25, 0.3) is 0 Å². The summed E-state index contributed by atoms with van der Waals surface area (Å²) in [7, 11) is 1.69. The Balaban J connectivity index is 0.00000161. The maximum absolute atomic E-state index is 12.7. The molecular weight excluding hydrogens is 308 g/mol. The van der Waals surface area contributed by atoms with Crippen LogP contribution in [0.1, 0.15) is 29.7 Å². The Bertz CT molecular complexity index is 494. The highest BCUT2D eigenvalue weighted by atomic mass is 35.5. The van der Waals surface area contributed by atoms with Crippen molar-refractivity contribution in [2.75, 3.05) is 13.7 Å². The minimum absolute atomic E-state index is 0. The number of amides is 1. The van der Waals surface area contributed by atoms with Crippen molar-refractivity contribution >= 4 is 29.7 Å². The number of halogens is 1. The summed E-state index contributed by atoms with van der Waals surface area (Å²) in [5.41, 5.74) is 7.36. The van der Waals surface area contributed by atoms with E-state index in [0.29, 0.717) is 0 Å². The molecule has 3 rings (SSSR count). The summed E-state index contributed by atoms with van der Waals surface area (Å²) >= 11 is 1.80. The molecule has 1 aliphatic carbocycles. The van der Waals surface area contributed by atoms with E-state index in [2.05, 4.69) is 11.4 Å². The van der Waals surface area contributed by atoms with E-state index in [9.17, 15) is 4.79 Å². The van der Waals surface area contributed by atoms with Crippen molar-refractivity contribution in [3.8, 4) is 0 Å². The summed E-state index contributed by atoms with van der Waals surface area (Å²) < 4.78 is 5.42. The molecule has 1 fully saturated rings. The van der Waals surface area contributed by atoms with Gasteiger partial charge in [0.05, 0.1) is 6.10 Å². The quantitative estimate of drug-likeness (QED) is 0.904. The van der Waals surface area contributed by atoms with Crippen LogP contribution >= 0.6 is 23.7 Å². The number of fused-ring (bicyclic) bond motifs is 1. The smallest absolute Gasteiger partial charge is 0.226 e. The standard InChI is InChI=1S/C15H22N2O2S.ClH/c1-19-13-8-10(2-3-12(13)16)15(18)17-6-4-14-11(9-17)5-7-20-14;/h5,7,10,12-13H,2-4,6,8-9,16H2,1H3;1H/t10-,12+,13+;/m0./s1. The third-order valence-electron chi connectivity index (χ3n) is 4.61. The number of nitrogens with two attached hydrogens (primary N) is 1. The maximum atomic E-state index is 12.7. The monoisotopic (exact) mass is 330 g/mol. The molecule has 2 heterocycles. The van der Waals surface area contributed by atoms with E-state index in [1.165, 1.54) is 10.4 Å². The molecule has 1 saturated carbocycles. The minimum atomic E-state index is 0. The fraction of sp³-hybridized carbons (Fsp3) is 0.667. The van der Waals surface area contributed by atoms with Gasteiger partial charge in [-0.2, -0.15) is 0 Å². The second-order valence-corrected chi connectivity index (χ2v) is 6.83. The highest BCUT2D eigenvalue weighted by molar-refractivity contribution is 7.10. The van der Waals surface area contributed by atoms with E-state index in [4.69, 9.17) is 10.5 Å². The molecule has 1 aromatic rings. The third kappa shape index (κ3) is 3.42. The minimum Gasteiger partial charge on any atom is -0.380 e. The fourth-order valence-electron chi connectivity index (χ4n) is 3.34. The number of ether oxygens (including phenoxy) is 1. The molecule has 0 spiro atoms. The van der Waals surface area contributed by atoms with Crippen LogP contribution < -0.4 is 5.73 Å². The van der Waals surface area contributed by atoms with Crippen molar-refractivity contribution in [3.05, 3.63) is 21.9 Å². The third-order valence-corrected chi connectivity index (χ3v) is 5.64. The van der Waals surface area contributed by atoms with Crippen molar-refractivity contribution < 1.29 is 9.53 Å². The fourth-order valence-corrected chi connectivity index (χ4v) is 4.23. The van der Waals surface area contributed by atoms with Gasteiger partial charge in [-0.25, -0.2) is 0 Å². The SMILES string of the molecule is CO[C@@H]1C[C@@H](C(=O)N2CCc3sccc3C2)CC[C@H]1N.Cl. The van der Waals surface area contributed by atoms with Gasteiger partial charge in [0.2, 0.25) is 5.91 Å². The summed E-state index contributed by atoms with van der Waals surface area (Å²) in [5.74, 6) is 0.371. The molecule has 0 aromatic carbocycles. The first-order valence-electron chi connectivity index (χ1n) is 7.31. The molecule has 1 aromatic heterocycles. The van der Waals surface area contributed by atoms with Crippen LogP contribution in [-0.4, -0.2) is 36.6 Å². The lowest BCUT2D eigenvalue weighted by Crippen LogP contribution is -2.47. The van der Waals surface area contributed by atoms with Crippen molar-refractivity contribution in [2.24, 2.45) is 11.7 Å². The zero-order valence-electron chi connectivity index (χ0n) is 12.3. The summed E-state index contributed by atoms with van der Waals surface area (Å²) in [6, 6.07) is 2.22. The van der Waals surface area contributed by atoms with Crippen molar-refractivity contribution in [1.82, 2.24) is 4.90 Å². The first-order valence-corrected chi connectivity index (χ1v) is 8.19. The van der Waals surface area contributed by atoms with Crippen molar-refractivity contribution in [3.63, 3.8) is 0 Å². The van der Waals surface area contributed by atoms with Crippen LogP contribution in [0, 0.1) is 5.92 Å². The number of carbonyl (C=O) groups excluding carboxylic acids is 1. The number of rotatable bonds is 2. The van der Waals surface area contributed by atoms with Crippen LogP contribution in [0.15, 0.2) is 11.4 Å². The molecule has 1 aliphatic heterocycles. The van der Waals surface area contributed by atoms with Crippen molar-refractivity contribution in [2.45, 2.75) is 44.4 Å². The van der Waals surface area contributed by atoms with Gasteiger partial charge in [0, 0.05) is 37.0 Å². The second kappa shape index (κ2) is 7.09. The molecule has 0 unspecified atom stereocenters. The molecule has 0 saturated heterocycles. The summed E-state index contributed by atoms with van der Waals surface area (Å²) in [6.45, 7) is 1.63. The lowest BCUT2D eigenvalue weighted by atomic mass is 9.83. The Kier molecular flexibility index (Phi) is 5.66. The number of methoxy groups -OCH3 is 1. The topological polar surface area (TPSA) is 55.6 Å². The maximum Gasteiger partial charge on any atom is 0.226 e. The lowest BCUT2D eigenvalue weighted by Gasteiger charge is -2.36. The Labute approximate surface area is 136 Å². The predicted molar refractivity (Wildman–Crippen MR) is 86.8 cm³/mol. The molecule has 2 aliphatic rings. The van der Waals surface area contributed by atoms with Gasteiger partial charge >= 0.3 is 0 Å². The normalized spacial score (nSPS) is 28.7. The zero-order valence-corrected chi connectivity index (χ0v) is 13.9. The molecule has 2 N–H and O–H groups in total. The van der Waals surface area contributed by atoms with Crippen LogP contribution in [0.5, 0.6) is 0 Å². The van der Waals surface area contributed by atoms with Gasteiger partial charge in [0.15, 0.2) is 0 Å². The largest absolute Gasteiger partial charge is 0.380 e. The summed E-state index contributed by atoms with van der Waals surface area (Å²) in [5, 5.41) is 2.12. The average Bonchev–Trinajstić information content (AvgIpc) is 2.94. The first kappa shape index (κ1) is 16.7. The van der Waals surface area contributed by atoms with E-state index in [1.807, 2.05) is 4.90 Å². The molecule has 118 valence electrons. The molecule has 6 heteroatoms. The average molecular weight is 331 g/mol. The summed E-state index contributed by atoms with van der Waals surface area (Å²) in [6.07, 6.45) is 3.57. The second-order valence-electron chi connectivity index (χ2n) is 5.83. The Morgan fingerprint density at radius 3 is 3.05 bits per heavy atom. The van der Waals surface area contributed by atoms with E-state index in [-0.39, 0.29) is 36.4 Å². The molecule has 0 radical (unpaired) electrons. The molecule has 0 bridgehead atoms. The zero-order chi connectivity index (χ0) is 14.1. The van der Waals surface area contributed by atoms with Gasteiger partial charge in [-0.15, -0.1) is 23.7 Å². The molecule has 21 heavy (non-hydrogen) atoms. The molecular formula is C15H23ClN2O2S. The number of hydrogen-bond donors (Lipinski definition) is 1. The van der Waals surface area contributed by atoms with E-state index in [0.717, 1.165) is 38.8 Å². The molecule has 3 atom stereocenters. The molecule has 4 nitrogen and oxygen atoms in total. The Morgan fingerprint density at radius 1 is 1.48 bits per heavy atom. The van der Waals surface area contributed by atoms with Gasteiger partial charge in [0.1, 0.15) is 0 Å². The predicted octanol–water partition coefficient (Wildman–Crippen LogP) is 2.20. The van der Waals surface area contributed by atoms with Gasteiger partial charge in [-0.1, -0.05) is 0 Å². The summed E-state index contributed by atoms with van der Waals surface area (Å²) in [4.78, 5) is 16.1. The van der Waals surface area contributed by atoms with Crippen LogP contribution in [0.25, 0.3) is 0 Å². The van der Waals surface area contributed by atoms with Crippen LogP contribution in [0.4, 0.5) is 0 Å². The Morgan fingerprint density at radius 2 is 2.29 bits per heavy atom. The lowest BCUT2D eigenvalue weighted by molar-refractivity contribution is -0.139. The highest BCUT2D eigenvalue weighted by Crippen LogP contribution is 2.30. The van der Waals surface area contributed by atoms with Crippen LogP contribution in [0.2, 0.25) is 0 Å². The van der Waals surface area contributed by atoms with Gasteiger partial charge in [-0.05, 0) is 42.7 Å². The van der Waals surface area contributed by atoms with Crippen LogP contribution in [0.3, 0.4) is 0 Å².